The van der Waals surface area contributed by atoms with Gasteiger partial charge in [-0.3, -0.25) is 4.79 Å². The lowest BCUT2D eigenvalue weighted by atomic mass is 9.88. The molecule has 0 saturated heterocycles. The molecule has 2 N–H and O–H groups in total. The molecule has 0 bridgehead atoms. The number of hydrogen-bond acceptors (Lipinski definition) is 4. The molecular formula is C15H15NO3S. The molecule has 1 atom stereocenters. The lowest BCUT2D eigenvalue weighted by Crippen LogP contribution is -2.43. The monoisotopic (exact) mass is 289 g/mol. The highest BCUT2D eigenvalue weighted by molar-refractivity contribution is 7.12. The zero-order chi connectivity index (χ0) is 14.0. The number of thiophene rings is 1. The van der Waals surface area contributed by atoms with Gasteiger partial charge >= 0.3 is 0 Å². The van der Waals surface area contributed by atoms with Crippen molar-refractivity contribution in [3.63, 3.8) is 0 Å². The number of fused-ring (bicyclic) bond motifs is 1. The summed E-state index contributed by atoms with van der Waals surface area (Å²) in [5, 5.41) is 15.4. The molecule has 1 aromatic carbocycles. The molecule has 0 radical (unpaired) electrons. The van der Waals surface area contributed by atoms with Gasteiger partial charge < -0.3 is 15.2 Å². The van der Waals surface area contributed by atoms with E-state index in [4.69, 9.17) is 4.74 Å². The highest BCUT2D eigenvalue weighted by Crippen LogP contribution is 2.36. The molecule has 0 fully saturated rings. The van der Waals surface area contributed by atoms with Crippen LogP contribution in [0.5, 0.6) is 5.75 Å². The first-order chi connectivity index (χ1) is 9.69. The molecule has 2 aromatic rings. The second-order valence-electron chi connectivity index (χ2n) is 4.79. The van der Waals surface area contributed by atoms with Gasteiger partial charge in [0.15, 0.2) is 0 Å². The van der Waals surface area contributed by atoms with E-state index in [2.05, 4.69) is 5.32 Å². The van der Waals surface area contributed by atoms with Crippen molar-refractivity contribution in [2.24, 2.45) is 0 Å². The summed E-state index contributed by atoms with van der Waals surface area (Å²) < 4.78 is 5.53. The minimum atomic E-state index is -1.07. The van der Waals surface area contributed by atoms with Gasteiger partial charge in [0.1, 0.15) is 11.4 Å². The van der Waals surface area contributed by atoms with E-state index in [1.165, 1.54) is 11.3 Å². The van der Waals surface area contributed by atoms with Crippen molar-refractivity contribution in [2.75, 3.05) is 13.2 Å². The number of carbonyl (C=O) groups excluding carboxylic acids is 1. The zero-order valence-electron chi connectivity index (χ0n) is 10.8. The van der Waals surface area contributed by atoms with E-state index >= 15 is 0 Å². The number of ether oxygens (including phenoxy) is 1. The lowest BCUT2D eigenvalue weighted by Gasteiger charge is -2.34. The minimum absolute atomic E-state index is 0.155. The Balaban J connectivity index is 1.76. The molecule has 2 heterocycles. The fourth-order valence-electron chi connectivity index (χ4n) is 2.35. The Bertz CT molecular complexity index is 611. The van der Waals surface area contributed by atoms with Crippen molar-refractivity contribution >= 4 is 17.2 Å². The van der Waals surface area contributed by atoms with Gasteiger partial charge in [0.25, 0.3) is 5.91 Å². The number of nitrogens with one attached hydrogen (secondary N) is 1. The maximum Gasteiger partial charge on any atom is 0.261 e. The molecule has 0 aliphatic carbocycles. The van der Waals surface area contributed by atoms with Crippen LogP contribution in [0.25, 0.3) is 0 Å². The van der Waals surface area contributed by atoms with Gasteiger partial charge in [-0.2, -0.15) is 0 Å². The first-order valence-electron chi connectivity index (χ1n) is 6.45. The number of aliphatic hydroxyl groups is 1. The van der Waals surface area contributed by atoms with Crippen molar-refractivity contribution in [1.29, 1.82) is 0 Å². The molecule has 104 valence electrons. The fraction of sp³-hybridized carbons (Fsp3) is 0.267. The molecule has 4 nitrogen and oxygen atoms in total. The molecule has 5 heteroatoms. The summed E-state index contributed by atoms with van der Waals surface area (Å²) in [6.45, 7) is 0.631. The second kappa shape index (κ2) is 5.26. The summed E-state index contributed by atoms with van der Waals surface area (Å²) in [6, 6.07) is 11.0. The van der Waals surface area contributed by atoms with E-state index in [-0.39, 0.29) is 12.5 Å². The fourth-order valence-corrected chi connectivity index (χ4v) is 2.99. The van der Waals surface area contributed by atoms with Crippen molar-refractivity contribution in [2.45, 2.75) is 12.0 Å². The van der Waals surface area contributed by atoms with Crippen LogP contribution in [-0.4, -0.2) is 24.2 Å². The molecule has 0 spiro atoms. The van der Waals surface area contributed by atoms with E-state index < -0.39 is 5.60 Å². The molecule has 3 rings (SSSR count). The predicted octanol–water partition coefficient (Wildman–Crippen LogP) is 2.15. The van der Waals surface area contributed by atoms with Crippen molar-refractivity contribution < 1.29 is 14.6 Å². The van der Waals surface area contributed by atoms with Crippen LogP contribution in [0.1, 0.15) is 21.7 Å². The van der Waals surface area contributed by atoms with Crippen LogP contribution in [0.4, 0.5) is 0 Å². The molecular weight excluding hydrogens is 274 g/mol. The topological polar surface area (TPSA) is 58.6 Å². The van der Waals surface area contributed by atoms with Crippen LogP contribution < -0.4 is 10.1 Å². The maximum atomic E-state index is 12.0. The van der Waals surface area contributed by atoms with Crippen molar-refractivity contribution in [1.82, 2.24) is 5.32 Å². The summed E-state index contributed by atoms with van der Waals surface area (Å²) in [6.07, 6.45) is 0.467. The first-order valence-corrected chi connectivity index (χ1v) is 7.33. The predicted molar refractivity (Wildman–Crippen MR) is 77.1 cm³/mol. The quantitative estimate of drug-likeness (QED) is 0.910. The largest absolute Gasteiger partial charge is 0.493 e. The smallest absolute Gasteiger partial charge is 0.261 e. The molecule has 1 amide bonds. The number of benzene rings is 1. The summed E-state index contributed by atoms with van der Waals surface area (Å²) in [5.41, 5.74) is -0.334. The van der Waals surface area contributed by atoms with Crippen molar-refractivity contribution in [3.8, 4) is 5.75 Å². The maximum absolute atomic E-state index is 12.0. The van der Waals surface area contributed by atoms with Crippen molar-refractivity contribution in [3.05, 3.63) is 52.2 Å². The van der Waals surface area contributed by atoms with Crippen LogP contribution in [0.15, 0.2) is 41.8 Å². The number of amides is 1. The molecule has 1 aliphatic rings. The molecule has 0 saturated carbocycles. The van der Waals surface area contributed by atoms with Gasteiger partial charge in [-0.15, -0.1) is 11.3 Å². The Kier molecular flexibility index (Phi) is 3.46. The van der Waals surface area contributed by atoms with Crippen LogP contribution >= 0.6 is 11.3 Å². The summed E-state index contributed by atoms with van der Waals surface area (Å²) >= 11 is 1.38. The van der Waals surface area contributed by atoms with Crippen LogP contribution in [0.2, 0.25) is 0 Å². The standard InChI is InChI=1S/C15H15NO3S/c17-14(13-6-3-9-20-13)16-10-15(18)7-8-19-12-5-2-1-4-11(12)15/h1-6,9,18H,7-8,10H2,(H,16,17)/t15-/m0/s1. The molecule has 1 aliphatic heterocycles. The van der Waals surface area contributed by atoms with E-state index in [9.17, 15) is 9.90 Å². The minimum Gasteiger partial charge on any atom is -0.493 e. The summed E-state index contributed by atoms with van der Waals surface area (Å²) in [7, 11) is 0. The third-order valence-electron chi connectivity index (χ3n) is 3.45. The first kappa shape index (κ1) is 13.1. The van der Waals surface area contributed by atoms with E-state index in [0.29, 0.717) is 23.7 Å². The highest BCUT2D eigenvalue weighted by atomic mass is 32.1. The third-order valence-corrected chi connectivity index (χ3v) is 4.32. The van der Waals surface area contributed by atoms with E-state index in [1.54, 1.807) is 6.07 Å². The third kappa shape index (κ3) is 2.42. The highest BCUT2D eigenvalue weighted by Gasteiger charge is 2.35. The van der Waals surface area contributed by atoms with E-state index in [0.717, 1.165) is 5.56 Å². The summed E-state index contributed by atoms with van der Waals surface area (Å²) in [4.78, 5) is 12.6. The molecule has 0 unspecified atom stereocenters. The number of hydrogen-bond donors (Lipinski definition) is 2. The molecule has 1 aromatic heterocycles. The lowest BCUT2D eigenvalue weighted by molar-refractivity contribution is -0.00157. The van der Waals surface area contributed by atoms with E-state index in [1.807, 2.05) is 35.7 Å². The van der Waals surface area contributed by atoms with Crippen LogP contribution in [-0.2, 0) is 5.60 Å². The summed E-state index contributed by atoms with van der Waals surface area (Å²) in [5.74, 6) is 0.532. The van der Waals surface area contributed by atoms with Gasteiger partial charge in [-0.05, 0) is 17.5 Å². The SMILES string of the molecule is O=C(NC[C@@]1(O)CCOc2ccccc21)c1cccs1. The Morgan fingerprint density at radius 1 is 1.35 bits per heavy atom. The van der Waals surface area contributed by atoms with Gasteiger partial charge in [0.05, 0.1) is 18.0 Å². The average Bonchev–Trinajstić information content (AvgIpc) is 3.00. The van der Waals surface area contributed by atoms with Gasteiger partial charge in [0, 0.05) is 12.0 Å². The van der Waals surface area contributed by atoms with Crippen LogP contribution in [0.3, 0.4) is 0 Å². The second-order valence-corrected chi connectivity index (χ2v) is 5.73. The van der Waals surface area contributed by atoms with Gasteiger partial charge in [0.2, 0.25) is 0 Å². The Morgan fingerprint density at radius 2 is 2.20 bits per heavy atom. The molecule has 20 heavy (non-hydrogen) atoms. The van der Waals surface area contributed by atoms with Gasteiger partial charge in [-0.25, -0.2) is 0 Å². The number of rotatable bonds is 3. The van der Waals surface area contributed by atoms with Crippen LogP contribution in [0, 0.1) is 0 Å². The average molecular weight is 289 g/mol. The Labute approximate surface area is 121 Å². The Hall–Kier alpha value is -1.85. The number of carbonyl (C=O) groups is 1. The Morgan fingerprint density at radius 3 is 3.00 bits per heavy atom. The normalized spacial score (nSPS) is 20.9. The number of para-hydroxylation sites is 1. The zero-order valence-corrected chi connectivity index (χ0v) is 11.7. The van der Waals surface area contributed by atoms with Gasteiger partial charge in [-0.1, -0.05) is 24.3 Å².